The molecule has 5 rings (SSSR count). The van der Waals surface area contributed by atoms with E-state index in [1.807, 2.05) is 71.6 Å². The number of aromatic nitrogens is 1. The lowest BCUT2D eigenvalue weighted by atomic mass is 9.89. The van der Waals surface area contributed by atoms with E-state index < -0.39 is 0 Å². The molecule has 0 unspecified atom stereocenters. The number of carbonyl (C=O) groups is 1. The molecule has 0 atom stereocenters. The maximum Gasteiger partial charge on any atom is 0.322 e. The van der Waals surface area contributed by atoms with Crippen LogP contribution in [0.2, 0.25) is 0 Å². The van der Waals surface area contributed by atoms with Gasteiger partial charge >= 0.3 is 6.03 Å². The van der Waals surface area contributed by atoms with Crippen LogP contribution in [0.4, 0.5) is 20.7 Å². The van der Waals surface area contributed by atoms with Crippen molar-refractivity contribution in [3.05, 3.63) is 114 Å². The van der Waals surface area contributed by atoms with Crippen LogP contribution in [-0.4, -0.2) is 23.1 Å². The molecule has 39 heavy (non-hydrogen) atoms. The minimum absolute atomic E-state index is 0.0350. The Morgan fingerprint density at radius 2 is 1.69 bits per heavy atom. The second-order valence-electron chi connectivity index (χ2n) is 9.77. The van der Waals surface area contributed by atoms with Gasteiger partial charge in [0.2, 0.25) is 0 Å². The van der Waals surface area contributed by atoms with Crippen molar-refractivity contribution in [3.63, 3.8) is 0 Å². The fraction of sp³-hybridized carbons (Fsp3) is 0.219. The molecule has 0 radical (unpaired) electrons. The normalized spacial score (nSPS) is 16.6. The molecule has 0 saturated heterocycles. The molecule has 0 spiro atoms. The molecule has 1 aliphatic rings. The summed E-state index contributed by atoms with van der Waals surface area (Å²) >= 11 is 0. The van der Waals surface area contributed by atoms with Crippen LogP contribution in [0.15, 0.2) is 97.2 Å². The number of hydrogen-bond donors (Lipinski definition) is 2. The Balaban J connectivity index is 1.30. The molecule has 0 aliphatic heterocycles. The number of pyridine rings is 1. The fourth-order valence-electron chi connectivity index (χ4n) is 5.07. The van der Waals surface area contributed by atoms with Crippen LogP contribution < -0.4 is 15.5 Å². The first-order valence-corrected chi connectivity index (χ1v) is 13.2. The van der Waals surface area contributed by atoms with Gasteiger partial charge in [-0.25, -0.2) is 14.2 Å². The molecule has 2 N–H and O–H groups in total. The average molecular weight is 520 g/mol. The summed E-state index contributed by atoms with van der Waals surface area (Å²) in [5.41, 5.74) is 4.07. The summed E-state index contributed by atoms with van der Waals surface area (Å²) in [6.07, 6.45) is 5.00. The molecule has 2 amide bonds. The van der Waals surface area contributed by atoms with E-state index in [1.54, 1.807) is 18.3 Å². The van der Waals surface area contributed by atoms with Gasteiger partial charge in [-0.1, -0.05) is 54.6 Å². The number of nitrogens with zero attached hydrogens (tertiary/aromatic N) is 3. The van der Waals surface area contributed by atoms with Crippen LogP contribution in [0.3, 0.4) is 0 Å². The van der Waals surface area contributed by atoms with E-state index in [2.05, 4.69) is 21.7 Å². The number of amides is 2. The maximum atomic E-state index is 13.8. The molecule has 1 aromatic heterocycles. The summed E-state index contributed by atoms with van der Waals surface area (Å²) in [5.74, 6) is 0.475. The molecule has 1 fully saturated rings. The van der Waals surface area contributed by atoms with Crippen LogP contribution in [0.25, 0.3) is 11.1 Å². The zero-order chi connectivity index (χ0) is 27.0. The Bertz CT molecular complexity index is 1430. The molecular weight excluding hydrogens is 489 g/mol. The largest absolute Gasteiger partial charge is 0.367 e. The second kappa shape index (κ2) is 12.2. The first-order valence-electron chi connectivity index (χ1n) is 13.2. The van der Waals surface area contributed by atoms with Gasteiger partial charge in [-0.3, -0.25) is 4.90 Å². The molecule has 1 saturated carbocycles. The molecule has 0 bridgehead atoms. The van der Waals surface area contributed by atoms with Crippen molar-refractivity contribution in [3.8, 4) is 17.2 Å². The van der Waals surface area contributed by atoms with E-state index in [9.17, 15) is 9.18 Å². The van der Waals surface area contributed by atoms with Crippen molar-refractivity contribution in [2.45, 2.75) is 44.3 Å². The highest BCUT2D eigenvalue weighted by atomic mass is 19.1. The maximum absolute atomic E-state index is 13.8. The third kappa shape index (κ3) is 6.60. The van der Waals surface area contributed by atoms with E-state index >= 15 is 0 Å². The van der Waals surface area contributed by atoms with Gasteiger partial charge in [0.25, 0.3) is 0 Å². The van der Waals surface area contributed by atoms with Crippen molar-refractivity contribution < 1.29 is 9.18 Å². The topological polar surface area (TPSA) is 81.0 Å². The SMILES string of the molecule is N#Cc1ccc(NC2CCC(N(C(=O)NCc3ccccc3)c3ccc(-c4cccc(F)c4)cc3)CC2)nc1. The highest BCUT2D eigenvalue weighted by molar-refractivity contribution is 5.93. The van der Waals surface area contributed by atoms with Gasteiger partial charge in [0.15, 0.2) is 0 Å². The first-order chi connectivity index (χ1) is 19.1. The number of nitrogens with one attached hydrogen (secondary N) is 2. The molecule has 7 heteroatoms. The van der Waals surface area contributed by atoms with Crippen molar-refractivity contribution in [2.75, 3.05) is 10.2 Å². The van der Waals surface area contributed by atoms with Crippen LogP contribution in [0.5, 0.6) is 0 Å². The van der Waals surface area contributed by atoms with Crippen molar-refractivity contribution in [2.24, 2.45) is 0 Å². The second-order valence-corrected chi connectivity index (χ2v) is 9.77. The highest BCUT2D eigenvalue weighted by Gasteiger charge is 2.30. The number of carbonyl (C=O) groups excluding carboxylic acids is 1. The van der Waals surface area contributed by atoms with Gasteiger partial charge in [-0.05, 0) is 78.8 Å². The number of halogens is 1. The monoisotopic (exact) mass is 519 g/mol. The van der Waals surface area contributed by atoms with Crippen molar-refractivity contribution in [1.82, 2.24) is 10.3 Å². The van der Waals surface area contributed by atoms with E-state index in [4.69, 9.17) is 5.26 Å². The number of hydrogen-bond acceptors (Lipinski definition) is 4. The Morgan fingerprint density at radius 3 is 2.36 bits per heavy atom. The lowest BCUT2D eigenvalue weighted by Gasteiger charge is -2.37. The smallest absolute Gasteiger partial charge is 0.322 e. The van der Waals surface area contributed by atoms with Gasteiger partial charge in [0.1, 0.15) is 17.7 Å². The van der Waals surface area contributed by atoms with E-state index in [-0.39, 0.29) is 23.9 Å². The summed E-state index contributed by atoms with van der Waals surface area (Å²) in [6.45, 7) is 0.443. The fourth-order valence-corrected chi connectivity index (χ4v) is 5.07. The van der Waals surface area contributed by atoms with Crippen LogP contribution in [0.1, 0.15) is 36.8 Å². The quantitative estimate of drug-likeness (QED) is 0.278. The summed E-state index contributed by atoms with van der Waals surface area (Å²) in [7, 11) is 0. The van der Waals surface area contributed by atoms with Crippen molar-refractivity contribution in [1.29, 1.82) is 5.26 Å². The Hall–Kier alpha value is -4.70. The molecule has 1 aliphatic carbocycles. The third-order valence-corrected chi connectivity index (χ3v) is 7.12. The first kappa shape index (κ1) is 25.9. The number of benzene rings is 3. The predicted molar refractivity (Wildman–Crippen MR) is 152 cm³/mol. The lowest BCUT2D eigenvalue weighted by molar-refractivity contribution is 0.240. The number of anilines is 2. The van der Waals surface area contributed by atoms with Crippen molar-refractivity contribution >= 4 is 17.5 Å². The summed E-state index contributed by atoms with van der Waals surface area (Å²) in [5, 5.41) is 15.6. The van der Waals surface area contributed by atoms with E-state index in [0.29, 0.717) is 12.1 Å². The number of rotatable bonds is 7. The minimum atomic E-state index is -0.278. The Kier molecular flexibility index (Phi) is 8.13. The standard InChI is InChI=1S/C32H30FN5O/c33-27-8-4-7-26(19-27)25-10-14-29(15-11-25)38(32(39)36-21-23-5-2-1-3-6-23)30-16-12-28(13-17-30)37-31-18-9-24(20-34)22-35-31/h1-11,14-15,18-19,22,28,30H,12-13,16-17,21H2,(H,35,37)(H,36,39). The summed E-state index contributed by atoms with van der Waals surface area (Å²) in [4.78, 5) is 19.8. The lowest BCUT2D eigenvalue weighted by Crippen LogP contribution is -2.48. The molecule has 1 heterocycles. The zero-order valence-electron chi connectivity index (χ0n) is 21.6. The van der Waals surface area contributed by atoms with Gasteiger partial charge in [-0.15, -0.1) is 0 Å². The molecular formula is C32H30FN5O. The van der Waals surface area contributed by atoms with E-state index in [0.717, 1.165) is 53.9 Å². The van der Waals surface area contributed by atoms with Gasteiger partial charge in [0, 0.05) is 30.5 Å². The highest BCUT2D eigenvalue weighted by Crippen LogP contribution is 2.31. The average Bonchev–Trinajstić information content (AvgIpc) is 2.98. The van der Waals surface area contributed by atoms with Gasteiger partial charge in [-0.2, -0.15) is 5.26 Å². The van der Waals surface area contributed by atoms with E-state index in [1.165, 1.54) is 12.1 Å². The summed E-state index contributed by atoms with van der Waals surface area (Å²) in [6, 6.07) is 29.9. The molecule has 3 aromatic carbocycles. The number of urea groups is 1. The Morgan fingerprint density at radius 1 is 0.923 bits per heavy atom. The van der Waals surface area contributed by atoms with Gasteiger partial charge < -0.3 is 10.6 Å². The van der Waals surface area contributed by atoms with Crippen LogP contribution in [-0.2, 0) is 6.54 Å². The predicted octanol–water partition coefficient (Wildman–Crippen LogP) is 6.90. The number of nitriles is 1. The molecule has 4 aromatic rings. The minimum Gasteiger partial charge on any atom is -0.367 e. The van der Waals surface area contributed by atoms with Crippen LogP contribution in [0, 0.1) is 17.1 Å². The summed E-state index contributed by atoms with van der Waals surface area (Å²) < 4.78 is 13.8. The molecule has 6 nitrogen and oxygen atoms in total. The third-order valence-electron chi connectivity index (χ3n) is 7.12. The van der Waals surface area contributed by atoms with Crippen LogP contribution >= 0.6 is 0 Å². The zero-order valence-corrected chi connectivity index (χ0v) is 21.6. The molecule has 196 valence electrons. The van der Waals surface area contributed by atoms with Gasteiger partial charge in [0.05, 0.1) is 5.56 Å². The Labute approximate surface area is 228 Å².